The molecule has 0 fully saturated rings. The van der Waals surface area contributed by atoms with Crippen LogP contribution in [0.3, 0.4) is 0 Å². The number of hydrogen-bond acceptors (Lipinski definition) is 3. The molecular weight excluding hydrogens is 304 g/mol. The van der Waals surface area contributed by atoms with Crippen LogP contribution in [-0.4, -0.2) is 15.0 Å². The summed E-state index contributed by atoms with van der Waals surface area (Å²) in [6, 6.07) is 5.46. The molecule has 17 heavy (non-hydrogen) atoms. The molecule has 0 aliphatic heterocycles. The molecule has 0 radical (unpaired) electrons. The summed E-state index contributed by atoms with van der Waals surface area (Å²) in [4.78, 5) is 0. The molecule has 4 nitrogen and oxygen atoms in total. The SMILES string of the molecule is Cc1cccc(C(N)c2c(Br)nnn2C)c1Cl. The molecule has 1 heterocycles. The molecule has 0 amide bonds. The highest BCUT2D eigenvalue weighted by Gasteiger charge is 2.20. The van der Waals surface area contributed by atoms with E-state index in [9.17, 15) is 0 Å². The highest BCUT2D eigenvalue weighted by Crippen LogP contribution is 2.30. The summed E-state index contributed by atoms with van der Waals surface area (Å²) in [5.74, 6) is 0. The fraction of sp³-hybridized carbons (Fsp3) is 0.273. The van der Waals surface area contributed by atoms with E-state index < -0.39 is 0 Å². The summed E-state index contributed by atoms with van der Waals surface area (Å²) in [6.45, 7) is 1.95. The van der Waals surface area contributed by atoms with Gasteiger partial charge in [-0.1, -0.05) is 35.0 Å². The summed E-state index contributed by atoms with van der Waals surface area (Å²) < 4.78 is 2.29. The van der Waals surface area contributed by atoms with E-state index in [0.717, 1.165) is 16.8 Å². The summed E-state index contributed by atoms with van der Waals surface area (Å²) >= 11 is 9.60. The fourth-order valence-electron chi connectivity index (χ4n) is 1.73. The Labute approximate surface area is 113 Å². The van der Waals surface area contributed by atoms with Crippen molar-refractivity contribution in [2.24, 2.45) is 12.8 Å². The Morgan fingerprint density at radius 2 is 2.18 bits per heavy atom. The number of aromatic nitrogens is 3. The predicted octanol–water partition coefficient (Wildman–Crippen LogP) is 2.59. The molecule has 2 rings (SSSR count). The zero-order chi connectivity index (χ0) is 12.6. The highest BCUT2D eigenvalue weighted by atomic mass is 79.9. The summed E-state index contributed by atoms with van der Waals surface area (Å²) in [7, 11) is 1.80. The predicted molar refractivity (Wildman–Crippen MR) is 70.9 cm³/mol. The first-order valence-electron chi connectivity index (χ1n) is 5.08. The molecule has 0 aliphatic rings. The number of hydrogen-bond donors (Lipinski definition) is 1. The maximum Gasteiger partial charge on any atom is 0.153 e. The number of nitrogens with two attached hydrogens (primary N) is 1. The minimum absolute atomic E-state index is 0.350. The molecule has 0 spiro atoms. The van der Waals surface area contributed by atoms with Crippen LogP contribution in [0.5, 0.6) is 0 Å². The lowest BCUT2D eigenvalue weighted by molar-refractivity contribution is 0.650. The van der Waals surface area contributed by atoms with E-state index in [2.05, 4.69) is 26.2 Å². The summed E-state index contributed by atoms with van der Waals surface area (Å²) in [5.41, 5.74) is 8.90. The average Bonchev–Trinajstić information content (AvgIpc) is 2.62. The van der Waals surface area contributed by atoms with Crippen molar-refractivity contribution in [3.05, 3.63) is 44.6 Å². The van der Waals surface area contributed by atoms with E-state index in [0.29, 0.717) is 9.63 Å². The first kappa shape index (κ1) is 12.5. The number of aryl methyl sites for hydroxylation is 2. The van der Waals surface area contributed by atoms with Crippen LogP contribution in [0.1, 0.15) is 22.9 Å². The molecule has 2 aromatic rings. The van der Waals surface area contributed by atoms with Gasteiger partial charge in [-0.2, -0.15) is 0 Å². The van der Waals surface area contributed by atoms with Gasteiger partial charge in [-0.15, -0.1) is 5.10 Å². The maximum absolute atomic E-state index is 6.26. The first-order valence-corrected chi connectivity index (χ1v) is 6.25. The fourth-order valence-corrected chi connectivity index (χ4v) is 2.54. The van der Waals surface area contributed by atoms with Crippen molar-refractivity contribution in [3.8, 4) is 0 Å². The third-order valence-electron chi connectivity index (χ3n) is 2.68. The van der Waals surface area contributed by atoms with Crippen molar-refractivity contribution >= 4 is 27.5 Å². The lowest BCUT2D eigenvalue weighted by atomic mass is 10.0. The molecule has 0 saturated carbocycles. The van der Waals surface area contributed by atoms with E-state index in [-0.39, 0.29) is 6.04 Å². The Bertz CT molecular complexity index is 533. The molecule has 1 unspecified atom stereocenters. The van der Waals surface area contributed by atoms with Gasteiger partial charge in [0.2, 0.25) is 0 Å². The van der Waals surface area contributed by atoms with Crippen molar-refractivity contribution in [2.75, 3.05) is 0 Å². The van der Waals surface area contributed by atoms with E-state index in [1.165, 1.54) is 0 Å². The Morgan fingerprint density at radius 3 is 2.76 bits per heavy atom. The molecule has 0 saturated heterocycles. The van der Waals surface area contributed by atoms with Crippen molar-refractivity contribution in [1.29, 1.82) is 0 Å². The first-order chi connectivity index (χ1) is 8.02. The molecule has 1 aromatic heterocycles. The second kappa shape index (κ2) is 4.76. The van der Waals surface area contributed by atoms with Gasteiger partial charge in [-0.3, -0.25) is 0 Å². The van der Waals surface area contributed by atoms with Crippen LogP contribution in [0.4, 0.5) is 0 Å². The number of nitrogens with zero attached hydrogens (tertiary/aromatic N) is 3. The van der Waals surface area contributed by atoms with Crippen LogP contribution in [0.25, 0.3) is 0 Å². The van der Waals surface area contributed by atoms with Crippen molar-refractivity contribution < 1.29 is 0 Å². The zero-order valence-electron chi connectivity index (χ0n) is 9.48. The lowest BCUT2D eigenvalue weighted by Crippen LogP contribution is -2.17. The monoisotopic (exact) mass is 314 g/mol. The molecule has 0 aliphatic carbocycles. The molecular formula is C11H12BrClN4. The van der Waals surface area contributed by atoms with Crippen LogP contribution < -0.4 is 5.73 Å². The van der Waals surface area contributed by atoms with Crippen LogP contribution >= 0.6 is 27.5 Å². The van der Waals surface area contributed by atoms with E-state index in [4.69, 9.17) is 17.3 Å². The van der Waals surface area contributed by atoms with Gasteiger partial charge < -0.3 is 5.73 Å². The maximum atomic E-state index is 6.26. The van der Waals surface area contributed by atoms with Crippen LogP contribution in [0.2, 0.25) is 5.02 Å². The summed E-state index contributed by atoms with van der Waals surface area (Å²) in [6.07, 6.45) is 0. The Morgan fingerprint density at radius 1 is 1.47 bits per heavy atom. The molecule has 90 valence electrons. The number of halogens is 2. The number of benzene rings is 1. The molecule has 6 heteroatoms. The van der Waals surface area contributed by atoms with Crippen molar-refractivity contribution in [1.82, 2.24) is 15.0 Å². The average molecular weight is 316 g/mol. The molecule has 0 bridgehead atoms. The number of rotatable bonds is 2. The van der Waals surface area contributed by atoms with Crippen molar-refractivity contribution in [2.45, 2.75) is 13.0 Å². The summed E-state index contributed by atoms with van der Waals surface area (Å²) in [5, 5.41) is 8.52. The van der Waals surface area contributed by atoms with Gasteiger partial charge in [-0.25, -0.2) is 4.68 Å². The van der Waals surface area contributed by atoms with Gasteiger partial charge in [0.05, 0.1) is 11.7 Å². The van der Waals surface area contributed by atoms with Gasteiger partial charge in [0, 0.05) is 12.1 Å². The Balaban J connectivity index is 2.51. The second-order valence-electron chi connectivity index (χ2n) is 3.84. The van der Waals surface area contributed by atoms with Crippen molar-refractivity contribution in [3.63, 3.8) is 0 Å². The normalized spacial score (nSPS) is 12.8. The van der Waals surface area contributed by atoms with Gasteiger partial charge >= 0.3 is 0 Å². The third kappa shape index (κ3) is 2.22. The standard InChI is InChI=1S/C11H12BrClN4/c1-6-4-3-5-7(8(6)13)9(14)10-11(12)15-16-17(10)2/h3-5,9H,14H2,1-2H3. The third-order valence-corrected chi connectivity index (χ3v) is 3.76. The van der Waals surface area contributed by atoms with Crippen LogP contribution in [0.15, 0.2) is 22.8 Å². The smallest absolute Gasteiger partial charge is 0.153 e. The molecule has 2 N–H and O–H groups in total. The Kier molecular flexibility index (Phi) is 3.51. The van der Waals surface area contributed by atoms with E-state index in [1.807, 2.05) is 25.1 Å². The van der Waals surface area contributed by atoms with Gasteiger partial charge in [0.15, 0.2) is 4.60 Å². The van der Waals surface area contributed by atoms with Gasteiger partial charge in [0.1, 0.15) is 0 Å². The largest absolute Gasteiger partial charge is 0.319 e. The minimum Gasteiger partial charge on any atom is -0.319 e. The molecule has 1 atom stereocenters. The second-order valence-corrected chi connectivity index (χ2v) is 4.97. The van der Waals surface area contributed by atoms with E-state index >= 15 is 0 Å². The highest BCUT2D eigenvalue weighted by molar-refractivity contribution is 9.10. The van der Waals surface area contributed by atoms with Crippen LogP contribution in [0, 0.1) is 6.92 Å². The minimum atomic E-state index is -0.350. The van der Waals surface area contributed by atoms with Gasteiger partial charge in [-0.05, 0) is 34.0 Å². The topological polar surface area (TPSA) is 56.7 Å². The van der Waals surface area contributed by atoms with Gasteiger partial charge in [0.25, 0.3) is 0 Å². The Hall–Kier alpha value is -0.910. The zero-order valence-corrected chi connectivity index (χ0v) is 11.8. The molecule has 1 aromatic carbocycles. The van der Waals surface area contributed by atoms with E-state index in [1.54, 1.807) is 11.7 Å². The van der Waals surface area contributed by atoms with Crippen LogP contribution in [-0.2, 0) is 7.05 Å². The lowest BCUT2D eigenvalue weighted by Gasteiger charge is -2.15. The quantitative estimate of drug-likeness (QED) is 0.926.